The number of nitrogens with zero attached hydrogens (tertiary/aromatic N) is 4. The van der Waals surface area contributed by atoms with Gasteiger partial charge in [-0.15, -0.1) is 0 Å². The molecule has 1 unspecified atom stereocenters. The zero-order valence-electron chi connectivity index (χ0n) is 12.1. The predicted molar refractivity (Wildman–Crippen MR) is 77.7 cm³/mol. The zero-order valence-corrected chi connectivity index (χ0v) is 14.1. The van der Waals surface area contributed by atoms with E-state index in [0.29, 0.717) is 22.9 Å². The summed E-state index contributed by atoms with van der Waals surface area (Å²) in [6.07, 6.45) is 4.17. The number of methoxy groups -OCH3 is 1. The molecule has 0 bridgehead atoms. The van der Waals surface area contributed by atoms with Crippen molar-refractivity contribution in [2.75, 3.05) is 7.11 Å². The molecule has 1 aromatic carbocycles. The van der Waals surface area contributed by atoms with Gasteiger partial charge >= 0.3 is 29.6 Å². The van der Waals surface area contributed by atoms with E-state index in [1.165, 1.54) is 19.3 Å². The third-order valence-electron chi connectivity index (χ3n) is 3.46. The van der Waals surface area contributed by atoms with E-state index in [0.717, 1.165) is 10.9 Å². The summed E-state index contributed by atoms with van der Waals surface area (Å²) in [6.45, 7) is 0. The van der Waals surface area contributed by atoms with Crippen LogP contribution in [0.15, 0.2) is 53.2 Å². The Balaban J connectivity index is 0.00000144. The molecule has 1 aliphatic heterocycles. The van der Waals surface area contributed by atoms with Crippen molar-refractivity contribution in [3.63, 3.8) is 0 Å². The number of rotatable bonds is 1. The van der Waals surface area contributed by atoms with Gasteiger partial charge in [-0.25, -0.2) is 9.38 Å². The van der Waals surface area contributed by atoms with Gasteiger partial charge in [-0.05, 0) is 35.8 Å². The van der Waals surface area contributed by atoms with Crippen LogP contribution in [0.3, 0.4) is 0 Å². The number of aliphatic imine (C=N–C) groups is 1. The fraction of sp³-hybridized carbons (Fsp3) is 0.133. The Morgan fingerprint density at radius 3 is 2.86 bits per heavy atom. The summed E-state index contributed by atoms with van der Waals surface area (Å²) < 4.78 is 19.0. The Bertz CT molecular complexity index is 849. The number of benzene rings is 1. The fourth-order valence-corrected chi connectivity index (χ4v) is 2.35. The molecule has 7 heteroatoms. The summed E-state index contributed by atoms with van der Waals surface area (Å²) >= 11 is 0. The van der Waals surface area contributed by atoms with Crippen LogP contribution in [0.5, 0.6) is 0 Å². The van der Waals surface area contributed by atoms with Gasteiger partial charge in [-0.2, -0.15) is 0 Å². The van der Waals surface area contributed by atoms with Crippen LogP contribution in [0.4, 0.5) is 15.9 Å². The molecule has 0 fully saturated rings. The van der Waals surface area contributed by atoms with Crippen molar-refractivity contribution in [3.8, 4) is 0 Å². The first-order valence-corrected chi connectivity index (χ1v) is 6.41. The molecule has 0 N–H and O–H groups in total. The zero-order chi connectivity index (χ0) is 14.4. The van der Waals surface area contributed by atoms with Crippen LogP contribution in [-0.4, -0.2) is 28.9 Å². The molecule has 0 saturated carbocycles. The molecule has 4 rings (SSSR count). The van der Waals surface area contributed by atoms with E-state index in [4.69, 9.17) is 4.74 Å². The third-order valence-corrected chi connectivity index (χ3v) is 3.46. The predicted octanol–water partition coefficient (Wildman–Crippen LogP) is 0.491. The number of alkyl halides is 1. The minimum absolute atomic E-state index is 0. The summed E-state index contributed by atoms with van der Waals surface area (Å²) in [6, 6.07) is 7.57. The van der Waals surface area contributed by atoms with Crippen molar-refractivity contribution in [1.82, 2.24) is 10.2 Å². The van der Waals surface area contributed by atoms with E-state index in [-0.39, 0.29) is 29.6 Å². The molecule has 5 nitrogen and oxygen atoms in total. The van der Waals surface area contributed by atoms with Gasteiger partial charge in [-0.3, -0.25) is 5.10 Å². The van der Waals surface area contributed by atoms with Crippen molar-refractivity contribution in [2.24, 2.45) is 4.99 Å². The smallest absolute Gasteiger partial charge is 0.432 e. The number of aromatic nitrogens is 2. The van der Waals surface area contributed by atoms with Crippen LogP contribution < -0.4 is 29.6 Å². The first-order valence-electron chi connectivity index (χ1n) is 6.41. The molecule has 22 heavy (non-hydrogen) atoms. The minimum atomic E-state index is -1.96. The van der Waals surface area contributed by atoms with E-state index in [2.05, 4.69) is 20.5 Å². The summed E-state index contributed by atoms with van der Waals surface area (Å²) in [5.41, 5.74) is 2.39. The van der Waals surface area contributed by atoms with Gasteiger partial charge in [0.2, 0.25) is 5.85 Å². The van der Waals surface area contributed by atoms with Gasteiger partial charge in [-0.1, -0.05) is 18.2 Å². The Hall–Kier alpha value is -1.60. The summed E-state index contributed by atoms with van der Waals surface area (Å²) in [7, 11) is 1.30. The van der Waals surface area contributed by atoms with Gasteiger partial charge in [0.25, 0.3) is 0 Å². The molecule has 0 spiro atoms. The average Bonchev–Trinajstić information content (AvgIpc) is 2.53. The summed E-state index contributed by atoms with van der Waals surface area (Å²) in [4.78, 5) is 4.54. The van der Waals surface area contributed by atoms with Crippen LogP contribution in [-0.2, 0) is 4.74 Å². The number of halogens is 1. The standard InChI is InChI=1S/C15H10FN4O.Na/c1-21-15(16)7-6-11-12(8-15)18-14-13(17-11)9-4-2-3-5-10(9)19-20-14;/h2-8H,1H3;/q-1;+1. The first-order chi connectivity index (χ1) is 10.2. The molecule has 1 aliphatic carbocycles. The van der Waals surface area contributed by atoms with Crippen LogP contribution in [0.2, 0.25) is 0 Å². The normalized spacial score (nSPS) is 21.9. The second kappa shape index (κ2) is 5.55. The van der Waals surface area contributed by atoms with E-state index in [9.17, 15) is 4.39 Å². The van der Waals surface area contributed by atoms with Crippen molar-refractivity contribution in [3.05, 3.63) is 53.5 Å². The monoisotopic (exact) mass is 304 g/mol. The van der Waals surface area contributed by atoms with E-state index < -0.39 is 5.85 Å². The summed E-state index contributed by atoms with van der Waals surface area (Å²) in [5.74, 6) is -1.57. The minimum Gasteiger partial charge on any atom is -0.432 e. The Morgan fingerprint density at radius 2 is 2.05 bits per heavy atom. The SMILES string of the molecule is COC1(F)C=CC2=Nc3c(nnc4ccccc34)[N-]C2=C1.[Na+]. The molecule has 2 aliphatic rings. The van der Waals surface area contributed by atoms with E-state index >= 15 is 0 Å². The van der Waals surface area contributed by atoms with E-state index in [1.807, 2.05) is 24.3 Å². The van der Waals surface area contributed by atoms with Crippen LogP contribution in [0.25, 0.3) is 16.2 Å². The van der Waals surface area contributed by atoms with Gasteiger partial charge in [0.1, 0.15) is 0 Å². The number of hydrogen-bond donors (Lipinski definition) is 0. The molecule has 104 valence electrons. The van der Waals surface area contributed by atoms with Crippen LogP contribution in [0, 0.1) is 0 Å². The second-order valence-electron chi connectivity index (χ2n) is 4.76. The molecule has 0 saturated heterocycles. The maximum absolute atomic E-state index is 14.2. The van der Waals surface area contributed by atoms with Crippen molar-refractivity contribution in [2.45, 2.75) is 5.85 Å². The van der Waals surface area contributed by atoms with E-state index in [1.54, 1.807) is 6.08 Å². The molecule has 2 heterocycles. The molecule has 2 aromatic rings. The topological polar surface area (TPSA) is 61.5 Å². The molecule has 1 aromatic heterocycles. The maximum atomic E-state index is 14.2. The quantitative estimate of drug-likeness (QED) is 0.721. The second-order valence-corrected chi connectivity index (χ2v) is 4.76. The fourth-order valence-electron chi connectivity index (χ4n) is 2.35. The number of hydrogen-bond acceptors (Lipinski definition) is 4. The molecular formula is C15H10FN4NaO. The van der Waals surface area contributed by atoms with Gasteiger partial charge < -0.3 is 15.2 Å². The molecule has 1 atom stereocenters. The van der Waals surface area contributed by atoms with Crippen LogP contribution >= 0.6 is 0 Å². The molecule has 0 radical (unpaired) electrons. The Labute approximate surface area is 148 Å². The van der Waals surface area contributed by atoms with Gasteiger partial charge in [0.05, 0.1) is 16.9 Å². The maximum Gasteiger partial charge on any atom is 1.00 e. The third kappa shape index (κ3) is 2.38. The van der Waals surface area contributed by atoms with Crippen molar-refractivity contribution in [1.29, 1.82) is 0 Å². The van der Waals surface area contributed by atoms with Gasteiger partial charge in [0.15, 0.2) is 0 Å². The number of allylic oxidation sites excluding steroid dienone is 1. The van der Waals surface area contributed by atoms with Crippen molar-refractivity contribution >= 4 is 28.1 Å². The number of ether oxygens (including phenoxy) is 1. The van der Waals surface area contributed by atoms with Crippen LogP contribution in [0.1, 0.15) is 0 Å². The number of fused-ring (bicyclic) bond motifs is 4. The van der Waals surface area contributed by atoms with Crippen molar-refractivity contribution < 1.29 is 38.7 Å². The first kappa shape index (κ1) is 15.3. The average molecular weight is 304 g/mol. The molecule has 0 amide bonds. The summed E-state index contributed by atoms with van der Waals surface area (Å²) in [5, 5.41) is 13.4. The Kier molecular flexibility index (Phi) is 3.86. The van der Waals surface area contributed by atoms with Gasteiger partial charge in [0, 0.05) is 12.5 Å². The largest absolute Gasteiger partial charge is 1.00 e. The Morgan fingerprint density at radius 1 is 1.23 bits per heavy atom. The molecular weight excluding hydrogens is 294 g/mol.